The molecule has 2 saturated heterocycles. The molecule has 10 nitrogen and oxygen atoms in total. The largest absolute Gasteiger partial charge is 0.370 e. The molecule has 0 bridgehead atoms. The molecule has 1 aliphatic carbocycles. The highest BCUT2D eigenvalue weighted by Gasteiger charge is 2.41. The third-order valence-corrected chi connectivity index (χ3v) is 7.53. The number of imide groups is 2. The second kappa shape index (κ2) is 11.2. The molecule has 2 aliphatic heterocycles. The standard InChI is InChI=1S/C22H30N2O8S/c1-13(25)14(2)31-9-10-33-17-11-20(28)23(21(17)29)12-15-3-5-16(6-4-15)22(30)32-24-18(26)7-8-19(24)27/h14-17H,3-12H2,1-2H3/t14-,15-,16-,17?/m0/s1. The van der Waals surface area contributed by atoms with E-state index < -0.39 is 35.1 Å². The second-order valence-corrected chi connectivity index (χ2v) is 10.1. The fourth-order valence-corrected chi connectivity index (χ4v) is 5.18. The quantitative estimate of drug-likeness (QED) is 0.334. The third-order valence-electron chi connectivity index (χ3n) is 6.35. The van der Waals surface area contributed by atoms with E-state index in [9.17, 15) is 28.8 Å². The highest BCUT2D eigenvalue weighted by atomic mass is 32.2. The average molecular weight is 483 g/mol. The zero-order valence-corrected chi connectivity index (χ0v) is 19.8. The van der Waals surface area contributed by atoms with E-state index in [1.807, 2.05) is 0 Å². The second-order valence-electron chi connectivity index (χ2n) is 8.74. The number of amides is 4. The van der Waals surface area contributed by atoms with Crippen LogP contribution >= 0.6 is 11.8 Å². The summed E-state index contributed by atoms with van der Waals surface area (Å²) in [5.74, 6) is -1.82. The van der Waals surface area contributed by atoms with Crippen molar-refractivity contribution >= 4 is 47.1 Å². The minimum Gasteiger partial charge on any atom is -0.370 e. The molecule has 1 saturated carbocycles. The Labute approximate surface area is 196 Å². The van der Waals surface area contributed by atoms with Crippen molar-refractivity contribution in [3.05, 3.63) is 0 Å². The third kappa shape index (κ3) is 6.41. The van der Waals surface area contributed by atoms with Crippen LogP contribution in [0, 0.1) is 11.8 Å². The minimum absolute atomic E-state index is 0.0561. The lowest BCUT2D eigenvalue weighted by Gasteiger charge is -2.30. The van der Waals surface area contributed by atoms with Crippen molar-refractivity contribution in [1.29, 1.82) is 0 Å². The first kappa shape index (κ1) is 25.4. The maximum Gasteiger partial charge on any atom is 0.336 e. The smallest absolute Gasteiger partial charge is 0.336 e. The van der Waals surface area contributed by atoms with Crippen LogP contribution in [0.5, 0.6) is 0 Å². The lowest BCUT2D eigenvalue weighted by Crippen LogP contribution is -2.39. The number of hydrogen-bond donors (Lipinski definition) is 0. The summed E-state index contributed by atoms with van der Waals surface area (Å²) in [7, 11) is 0. The van der Waals surface area contributed by atoms with Crippen LogP contribution in [0.15, 0.2) is 0 Å². The van der Waals surface area contributed by atoms with Gasteiger partial charge in [-0.05, 0) is 45.4 Å². The molecule has 0 aromatic heterocycles. The van der Waals surface area contributed by atoms with Gasteiger partial charge in [-0.1, -0.05) is 0 Å². The number of nitrogens with zero attached hydrogens (tertiary/aromatic N) is 2. The van der Waals surface area contributed by atoms with E-state index in [2.05, 4.69) is 0 Å². The van der Waals surface area contributed by atoms with Crippen LogP contribution in [0.25, 0.3) is 0 Å². The van der Waals surface area contributed by atoms with Crippen molar-refractivity contribution < 1.29 is 38.3 Å². The summed E-state index contributed by atoms with van der Waals surface area (Å²) in [5.41, 5.74) is 0. The average Bonchev–Trinajstić information content (AvgIpc) is 3.24. The van der Waals surface area contributed by atoms with Crippen molar-refractivity contribution in [2.24, 2.45) is 11.8 Å². The summed E-state index contributed by atoms with van der Waals surface area (Å²) in [4.78, 5) is 78.2. The molecule has 0 aromatic carbocycles. The van der Waals surface area contributed by atoms with Crippen LogP contribution in [-0.2, 0) is 38.3 Å². The van der Waals surface area contributed by atoms with E-state index in [1.165, 1.54) is 23.6 Å². The molecule has 1 unspecified atom stereocenters. The maximum absolute atomic E-state index is 12.7. The summed E-state index contributed by atoms with van der Waals surface area (Å²) in [6, 6.07) is 0. The SMILES string of the molecule is CC(=O)[C@H](C)OCCSC1CC(=O)N(C[C@H]2CC[C@H](C(=O)ON3C(=O)CCC3=O)CC2)C1=O. The molecule has 2 heterocycles. The topological polar surface area (TPSA) is 127 Å². The Balaban J connectivity index is 1.40. The van der Waals surface area contributed by atoms with Crippen molar-refractivity contribution in [3.8, 4) is 0 Å². The summed E-state index contributed by atoms with van der Waals surface area (Å²) >= 11 is 1.37. The van der Waals surface area contributed by atoms with Crippen molar-refractivity contribution in [2.45, 2.75) is 70.1 Å². The van der Waals surface area contributed by atoms with Crippen molar-refractivity contribution in [3.63, 3.8) is 0 Å². The Hall–Kier alpha value is -2.27. The van der Waals surface area contributed by atoms with Crippen LogP contribution in [0.3, 0.4) is 0 Å². The van der Waals surface area contributed by atoms with Gasteiger partial charge >= 0.3 is 5.97 Å². The number of thioether (sulfide) groups is 1. The Morgan fingerprint density at radius 2 is 1.67 bits per heavy atom. The molecule has 0 N–H and O–H groups in total. The molecule has 0 radical (unpaired) electrons. The van der Waals surface area contributed by atoms with Gasteiger partial charge in [-0.25, -0.2) is 4.79 Å². The summed E-state index contributed by atoms with van der Waals surface area (Å²) in [6.45, 7) is 3.80. The first-order valence-corrected chi connectivity index (χ1v) is 12.4. The molecule has 2 atom stereocenters. The molecule has 3 fully saturated rings. The van der Waals surface area contributed by atoms with Gasteiger partial charge in [-0.3, -0.25) is 28.9 Å². The fraction of sp³-hybridized carbons (Fsp3) is 0.727. The van der Waals surface area contributed by atoms with E-state index in [-0.39, 0.29) is 42.8 Å². The van der Waals surface area contributed by atoms with E-state index in [0.29, 0.717) is 49.7 Å². The number of carbonyl (C=O) groups is 6. The lowest BCUT2D eigenvalue weighted by molar-refractivity contribution is -0.201. The van der Waals surface area contributed by atoms with Crippen LogP contribution in [-0.4, -0.2) is 75.6 Å². The number of hydroxylamine groups is 2. The van der Waals surface area contributed by atoms with Crippen molar-refractivity contribution in [2.75, 3.05) is 18.9 Å². The van der Waals surface area contributed by atoms with Gasteiger partial charge in [0, 0.05) is 31.6 Å². The van der Waals surface area contributed by atoms with Crippen molar-refractivity contribution in [1.82, 2.24) is 9.96 Å². The Kier molecular flexibility index (Phi) is 8.63. The Morgan fingerprint density at radius 1 is 1.03 bits per heavy atom. The zero-order chi connectivity index (χ0) is 24.1. The van der Waals surface area contributed by atoms with Gasteiger partial charge in [0.05, 0.1) is 17.8 Å². The van der Waals surface area contributed by atoms with E-state index in [4.69, 9.17) is 9.57 Å². The highest BCUT2D eigenvalue weighted by Crippen LogP contribution is 2.33. The first-order chi connectivity index (χ1) is 15.7. The van der Waals surface area contributed by atoms with Gasteiger partial charge in [-0.15, -0.1) is 16.8 Å². The molecule has 33 heavy (non-hydrogen) atoms. The predicted octanol–water partition coefficient (Wildman–Crippen LogP) is 1.25. The molecule has 11 heteroatoms. The van der Waals surface area contributed by atoms with Crippen LogP contribution in [0.2, 0.25) is 0 Å². The van der Waals surface area contributed by atoms with Gasteiger partial charge < -0.3 is 9.57 Å². The normalized spacial score (nSPS) is 26.8. The number of rotatable bonds is 10. The number of hydrogen-bond acceptors (Lipinski definition) is 9. The lowest BCUT2D eigenvalue weighted by atomic mass is 9.82. The molecule has 0 spiro atoms. The number of ketones is 1. The van der Waals surface area contributed by atoms with E-state index in [1.54, 1.807) is 6.92 Å². The molecular weight excluding hydrogens is 452 g/mol. The minimum atomic E-state index is -0.580. The molecule has 182 valence electrons. The van der Waals surface area contributed by atoms with Gasteiger partial charge in [0.1, 0.15) is 6.10 Å². The zero-order valence-electron chi connectivity index (χ0n) is 18.9. The number of ether oxygens (including phenoxy) is 1. The number of carbonyl (C=O) groups excluding carboxylic acids is 6. The fourth-order valence-electron chi connectivity index (χ4n) is 4.17. The Bertz CT molecular complexity index is 807. The van der Waals surface area contributed by atoms with Gasteiger partial charge in [0.2, 0.25) is 11.8 Å². The number of likely N-dealkylation sites (tertiary alicyclic amines) is 1. The maximum atomic E-state index is 12.7. The summed E-state index contributed by atoms with van der Waals surface area (Å²) in [6.07, 6.45) is 2.11. The molecule has 3 rings (SSSR count). The first-order valence-electron chi connectivity index (χ1n) is 11.3. The monoisotopic (exact) mass is 482 g/mol. The van der Waals surface area contributed by atoms with Gasteiger partial charge in [-0.2, -0.15) is 0 Å². The molecule has 3 aliphatic rings. The van der Waals surface area contributed by atoms with Crippen LogP contribution in [0.1, 0.15) is 58.8 Å². The summed E-state index contributed by atoms with van der Waals surface area (Å²) < 4.78 is 5.40. The predicted molar refractivity (Wildman–Crippen MR) is 116 cm³/mol. The Morgan fingerprint density at radius 3 is 2.27 bits per heavy atom. The van der Waals surface area contributed by atoms with E-state index >= 15 is 0 Å². The van der Waals surface area contributed by atoms with Crippen LogP contribution < -0.4 is 0 Å². The van der Waals surface area contributed by atoms with Gasteiger partial charge in [0.25, 0.3) is 11.8 Å². The van der Waals surface area contributed by atoms with Crippen LogP contribution in [0.4, 0.5) is 0 Å². The van der Waals surface area contributed by atoms with E-state index in [0.717, 1.165) is 0 Å². The summed E-state index contributed by atoms with van der Waals surface area (Å²) in [5, 5.41) is 0.134. The molecular formula is C22H30N2O8S. The van der Waals surface area contributed by atoms with Gasteiger partial charge in [0.15, 0.2) is 5.78 Å². The molecule has 0 aromatic rings. The highest BCUT2D eigenvalue weighted by molar-refractivity contribution is 8.00. The number of Topliss-reactive ketones (excluding diaryl/α,β-unsaturated/α-hetero) is 1. The molecule has 4 amide bonds.